The number of carbonyl (C=O) groups is 3. The van der Waals surface area contributed by atoms with Gasteiger partial charge >= 0.3 is 0 Å². The van der Waals surface area contributed by atoms with Crippen molar-refractivity contribution in [3.05, 3.63) is 59.4 Å². The normalized spacial score (nSPS) is 21.3. The first-order valence-corrected chi connectivity index (χ1v) is 11.5. The van der Waals surface area contributed by atoms with Gasteiger partial charge in [-0.25, -0.2) is 4.39 Å². The number of halogens is 1. The minimum atomic E-state index is -0.594. The molecular weight excluding hydrogens is 453 g/mol. The molecular formula is C26H32FN3O5. The molecule has 0 unspecified atom stereocenters. The van der Waals surface area contributed by atoms with Gasteiger partial charge in [0.2, 0.25) is 5.91 Å². The maximum Gasteiger partial charge on any atom is 0.257 e. The molecule has 35 heavy (non-hydrogen) atoms. The van der Waals surface area contributed by atoms with Crippen molar-refractivity contribution >= 4 is 23.4 Å². The van der Waals surface area contributed by atoms with Crippen LogP contribution in [0.25, 0.3) is 0 Å². The molecule has 3 atom stereocenters. The Hall–Kier alpha value is -3.46. The highest BCUT2D eigenvalue weighted by Crippen LogP contribution is 2.27. The number of ether oxygens (including phenoxy) is 2. The number of amides is 3. The van der Waals surface area contributed by atoms with E-state index in [1.807, 2.05) is 13.8 Å². The summed E-state index contributed by atoms with van der Waals surface area (Å²) < 4.78 is 26.2. The summed E-state index contributed by atoms with van der Waals surface area (Å²) in [5.74, 6) is -1.43. The van der Waals surface area contributed by atoms with Crippen molar-refractivity contribution < 1.29 is 28.2 Å². The van der Waals surface area contributed by atoms with Crippen molar-refractivity contribution in [2.45, 2.75) is 32.9 Å². The fraction of sp³-hybridized carbons (Fsp3) is 0.423. The Bertz CT molecular complexity index is 1090. The van der Waals surface area contributed by atoms with Crippen LogP contribution in [-0.2, 0) is 9.53 Å². The van der Waals surface area contributed by atoms with E-state index in [1.54, 1.807) is 48.2 Å². The Morgan fingerprint density at radius 3 is 2.51 bits per heavy atom. The van der Waals surface area contributed by atoms with Crippen molar-refractivity contribution in [1.29, 1.82) is 0 Å². The van der Waals surface area contributed by atoms with Crippen LogP contribution in [0.3, 0.4) is 0 Å². The summed E-state index contributed by atoms with van der Waals surface area (Å²) in [4.78, 5) is 41.3. The predicted molar refractivity (Wildman–Crippen MR) is 130 cm³/mol. The van der Waals surface area contributed by atoms with E-state index in [-0.39, 0.29) is 54.8 Å². The molecule has 188 valence electrons. The van der Waals surface area contributed by atoms with Gasteiger partial charge in [0.05, 0.1) is 23.3 Å². The van der Waals surface area contributed by atoms with Gasteiger partial charge in [-0.3, -0.25) is 14.4 Å². The van der Waals surface area contributed by atoms with Crippen molar-refractivity contribution in [3.8, 4) is 5.75 Å². The molecule has 0 saturated carbocycles. The highest BCUT2D eigenvalue weighted by atomic mass is 19.1. The topological polar surface area (TPSA) is 88.2 Å². The van der Waals surface area contributed by atoms with Crippen molar-refractivity contribution in [3.63, 3.8) is 0 Å². The lowest BCUT2D eigenvalue weighted by molar-refractivity contribution is -0.114. The molecule has 1 N–H and O–H groups in total. The van der Waals surface area contributed by atoms with Crippen LogP contribution in [0.2, 0.25) is 0 Å². The Balaban J connectivity index is 2.02. The molecule has 1 heterocycles. The maximum atomic E-state index is 14.5. The molecule has 0 bridgehead atoms. The highest BCUT2D eigenvalue weighted by Gasteiger charge is 2.31. The summed E-state index contributed by atoms with van der Waals surface area (Å²) in [5, 5.41) is 2.69. The standard InChI is InChI=1S/C26H32FN3O5/c1-16-13-30(26(33)20-8-6-7-9-22(20)27)17(2)15-35-23-12-19(28-18(3)31)10-11-21(23)25(32)29(4)14-24(16)34-5/h6-12,16-17,24H,13-15H2,1-5H3,(H,28,31)/t16-,17-,24-/m0/s1. The third-order valence-corrected chi connectivity index (χ3v) is 6.13. The van der Waals surface area contributed by atoms with Gasteiger partial charge in [-0.05, 0) is 31.2 Å². The van der Waals surface area contributed by atoms with Crippen molar-refractivity contribution in [2.75, 3.05) is 39.2 Å². The smallest absolute Gasteiger partial charge is 0.257 e. The number of anilines is 1. The second-order valence-electron chi connectivity index (χ2n) is 8.93. The third kappa shape index (κ3) is 6.16. The summed E-state index contributed by atoms with van der Waals surface area (Å²) in [7, 11) is 3.23. The second kappa shape index (κ2) is 11.3. The molecule has 8 nitrogen and oxygen atoms in total. The minimum absolute atomic E-state index is 0.0201. The number of hydrogen-bond donors (Lipinski definition) is 1. The summed E-state index contributed by atoms with van der Waals surface area (Å²) in [6.45, 7) is 5.74. The van der Waals surface area contributed by atoms with Crippen LogP contribution in [0.5, 0.6) is 5.75 Å². The van der Waals surface area contributed by atoms with Gasteiger partial charge in [0.25, 0.3) is 11.8 Å². The molecule has 9 heteroatoms. The number of likely N-dealkylation sites (N-methyl/N-ethyl adjacent to an activating group) is 1. The first-order valence-electron chi connectivity index (χ1n) is 11.5. The molecule has 0 fully saturated rings. The zero-order valence-corrected chi connectivity index (χ0v) is 20.7. The fourth-order valence-corrected chi connectivity index (χ4v) is 4.13. The van der Waals surface area contributed by atoms with E-state index in [0.717, 1.165) is 0 Å². The molecule has 3 amide bonds. The van der Waals surface area contributed by atoms with E-state index in [2.05, 4.69) is 5.32 Å². The molecule has 3 rings (SSSR count). The first-order chi connectivity index (χ1) is 16.6. The Morgan fingerprint density at radius 1 is 1.14 bits per heavy atom. The van der Waals surface area contributed by atoms with E-state index in [9.17, 15) is 18.8 Å². The van der Waals surface area contributed by atoms with Gasteiger partial charge in [-0.2, -0.15) is 0 Å². The number of methoxy groups -OCH3 is 1. The van der Waals surface area contributed by atoms with Crippen molar-refractivity contribution in [1.82, 2.24) is 9.80 Å². The van der Waals surface area contributed by atoms with Crippen LogP contribution in [-0.4, -0.2) is 73.5 Å². The number of hydrogen-bond acceptors (Lipinski definition) is 5. The zero-order valence-electron chi connectivity index (χ0n) is 20.7. The second-order valence-corrected chi connectivity index (χ2v) is 8.93. The average molecular weight is 486 g/mol. The monoisotopic (exact) mass is 485 g/mol. The number of rotatable bonds is 3. The highest BCUT2D eigenvalue weighted by molar-refractivity contribution is 5.98. The molecule has 0 aliphatic carbocycles. The predicted octanol–water partition coefficient (Wildman–Crippen LogP) is 3.43. The minimum Gasteiger partial charge on any atom is -0.491 e. The number of fused-ring (bicyclic) bond motifs is 1. The van der Waals surface area contributed by atoms with Crippen LogP contribution in [0.4, 0.5) is 10.1 Å². The number of benzene rings is 2. The SMILES string of the molecule is CO[C@H]1CN(C)C(=O)c2ccc(NC(C)=O)cc2OC[C@H](C)N(C(=O)c2ccccc2F)C[C@@H]1C. The van der Waals surface area contributed by atoms with Crippen molar-refractivity contribution in [2.24, 2.45) is 5.92 Å². The van der Waals surface area contributed by atoms with E-state index in [0.29, 0.717) is 11.3 Å². The van der Waals surface area contributed by atoms with E-state index in [1.165, 1.54) is 25.1 Å². The zero-order chi connectivity index (χ0) is 25.7. The van der Waals surface area contributed by atoms with E-state index >= 15 is 0 Å². The molecule has 1 aliphatic rings. The molecule has 2 aromatic rings. The molecule has 1 aliphatic heterocycles. The Morgan fingerprint density at radius 2 is 1.86 bits per heavy atom. The number of nitrogens with one attached hydrogen (secondary N) is 1. The van der Waals surface area contributed by atoms with Gasteiger partial charge < -0.3 is 24.6 Å². The summed E-state index contributed by atoms with van der Waals surface area (Å²) in [5.41, 5.74) is 0.784. The molecule has 2 aromatic carbocycles. The lowest BCUT2D eigenvalue weighted by Crippen LogP contribution is -2.48. The lowest BCUT2D eigenvalue weighted by atomic mass is 10.0. The van der Waals surface area contributed by atoms with Gasteiger partial charge in [0.1, 0.15) is 18.2 Å². The quantitative estimate of drug-likeness (QED) is 0.720. The van der Waals surface area contributed by atoms with Crippen LogP contribution in [0.1, 0.15) is 41.5 Å². The molecule has 0 aromatic heterocycles. The number of nitrogens with zero attached hydrogens (tertiary/aromatic N) is 2. The largest absolute Gasteiger partial charge is 0.491 e. The lowest BCUT2D eigenvalue weighted by Gasteiger charge is -2.36. The van der Waals surface area contributed by atoms with E-state index < -0.39 is 17.8 Å². The first kappa shape index (κ1) is 26.2. The Labute approximate surface area is 205 Å². The average Bonchev–Trinajstić information content (AvgIpc) is 2.82. The van der Waals surface area contributed by atoms with Crippen LogP contribution in [0, 0.1) is 11.7 Å². The van der Waals surface area contributed by atoms with Gasteiger partial charge in [0.15, 0.2) is 0 Å². The molecule has 0 spiro atoms. The van der Waals surface area contributed by atoms with Gasteiger partial charge in [-0.15, -0.1) is 0 Å². The number of carbonyl (C=O) groups excluding carboxylic acids is 3. The fourth-order valence-electron chi connectivity index (χ4n) is 4.13. The van der Waals surface area contributed by atoms with Crippen LogP contribution in [0.15, 0.2) is 42.5 Å². The Kier molecular flexibility index (Phi) is 8.45. The summed E-state index contributed by atoms with van der Waals surface area (Å²) >= 11 is 0. The third-order valence-electron chi connectivity index (χ3n) is 6.13. The summed E-state index contributed by atoms with van der Waals surface area (Å²) in [6, 6.07) is 10.2. The van der Waals surface area contributed by atoms with Crippen LogP contribution >= 0.6 is 0 Å². The molecule has 0 saturated heterocycles. The van der Waals surface area contributed by atoms with Gasteiger partial charge in [-0.1, -0.05) is 19.1 Å². The van der Waals surface area contributed by atoms with E-state index in [4.69, 9.17) is 9.47 Å². The van der Waals surface area contributed by atoms with Crippen LogP contribution < -0.4 is 10.1 Å². The molecule has 0 radical (unpaired) electrons. The maximum absolute atomic E-state index is 14.5. The van der Waals surface area contributed by atoms with Gasteiger partial charge in [0, 0.05) is 51.8 Å². The summed E-state index contributed by atoms with van der Waals surface area (Å²) in [6.07, 6.45) is -0.366.